The van der Waals surface area contributed by atoms with Crippen molar-refractivity contribution in [3.8, 4) is 0 Å². The monoisotopic (exact) mass is 195 g/mol. The van der Waals surface area contributed by atoms with E-state index < -0.39 is 0 Å². The van der Waals surface area contributed by atoms with Gasteiger partial charge in [0.25, 0.3) is 0 Å². The van der Waals surface area contributed by atoms with Gasteiger partial charge in [0.1, 0.15) is 11.5 Å². The SMILES string of the molecule is N=C/C(C=NC1CCC(=O)CC1)=N/O. The first kappa shape index (κ1) is 10.6. The molecule has 0 unspecified atom stereocenters. The number of carbonyl (C=O) groups is 1. The van der Waals surface area contributed by atoms with E-state index in [1.54, 1.807) is 0 Å². The van der Waals surface area contributed by atoms with Crippen LogP contribution in [0.5, 0.6) is 0 Å². The van der Waals surface area contributed by atoms with Gasteiger partial charge < -0.3 is 10.6 Å². The van der Waals surface area contributed by atoms with Crippen molar-refractivity contribution in [3.63, 3.8) is 0 Å². The van der Waals surface area contributed by atoms with Crippen molar-refractivity contribution >= 4 is 23.9 Å². The summed E-state index contributed by atoms with van der Waals surface area (Å²) in [6.07, 6.45) is 4.97. The van der Waals surface area contributed by atoms with E-state index in [0.29, 0.717) is 18.6 Å². The summed E-state index contributed by atoms with van der Waals surface area (Å²) in [6.45, 7) is 0. The molecule has 14 heavy (non-hydrogen) atoms. The highest BCUT2D eigenvalue weighted by Gasteiger charge is 2.16. The smallest absolute Gasteiger partial charge is 0.137 e. The van der Waals surface area contributed by atoms with Gasteiger partial charge in [0.15, 0.2) is 0 Å². The largest absolute Gasteiger partial charge is 0.410 e. The highest BCUT2D eigenvalue weighted by Crippen LogP contribution is 2.17. The summed E-state index contributed by atoms with van der Waals surface area (Å²) < 4.78 is 0. The van der Waals surface area contributed by atoms with Crippen molar-refractivity contribution in [1.29, 1.82) is 5.41 Å². The molecule has 0 aromatic carbocycles. The van der Waals surface area contributed by atoms with Gasteiger partial charge in [-0.25, -0.2) is 0 Å². The number of aliphatic imine (C=N–C) groups is 1. The molecule has 76 valence electrons. The van der Waals surface area contributed by atoms with E-state index in [1.165, 1.54) is 6.21 Å². The van der Waals surface area contributed by atoms with Gasteiger partial charge in [0, 0.05) is 19.1 Å². The molecule has 1 aliphatic carbocycles. The number of ketones is 1. The topological polar surface area (TPSA) is 85.9 Å². The molecule has 1 aliphatic rings. The summed E-state index contributed by atoms with van der Waals surface area (Å²) in [5, 5.41) is 18.1. The second-order valence-electron chi connectivity index (χ2n) is 3.22. The maximum absolute atomic E-state index is 10.9. The third kappa shape index (κ3) is 3.08. The first-order chi connectivity index (χ1) is 6.76. The molecule has 0 amide bonds. The van der Waals surface area contributed by atoms with Gasteiger partial charge in [-0.1, -0.05) is 5.16 Å². The molecule has 0 aromatic heterocycles. The number of hydrogen-bond donors (Lipinski definition) is 2. The standard InChI is InChI=1S/C9H13N3O2/c10-5-8(12-14)6-11-7-1-3-9(13)4-2-7/h5-7,10,14H,1-4H2/b10-5?,11-6?,12-8-. The van der Waals surface area contributed by atoms with Crippen molar-refractivity contribution in [1.82, 2.24) is 0 Å². The van der Waals surface area contributed by atoms with Gasteiger partial charge in [0.2, 0.25) is 0 Å². The van der Waals surface area contributed by atoms with E-state index >= 15 is 0 Å². The lowest BCUT2D eigenvalue weighted by Gasteiger charge is -2.16. The number of oxime groups is 1. The Kier molecular flexibility index (Phi) is 3.97. The van der Waals surface area contributed by atoms with Crippen molar-refractivity contribution in [3.05, 3.63) is 0 Å². The Hall–Kier alpha value is -1.52. The van der Waals surface area contributed by atoms with Crippen LogP contribution in [0.2, 0.25) is 0 Å². The van der Waals surface area contributed by atoms with Crippen LogP contribution in [0, 0.1) is 5.41 Å². The Morgan fingerprint density at radius 2 is 2.14 bits per heavy atom. The molecule has 0 heterocycles. The summed E-state index contributed by atoms with van der Waals surface area (Å²) in [4.78, 5) is 15.0. The number of nitrogens with zero attached hydrogens (tertiary/aromatic N) is 2. The lowest BCUT2D eigenvalue weighted by Crippen LogP contribution is -2.17. The maximum atomic E-state index is 10.9. The fourth-order valence-electron chi connectivity index (χ4n) is 1.35. The maximum Gasteiger partial charge on any atom is 0.137 e. The third-order valence-corrected chi connectivity index (χ3v) is 2.19. The predicted octanol–water partition coefficient (Wildman–Crippen LogP) is 1.05. The third-order valence-electron chi connectivity index (χ3n) is 2.19. The van der Waals surface area contributed by atoms with Crippen molar-refractivity contribution in [2.75, 3.05) is 0 Å². The Labute approximate surface area is 82.0 Å². The van der Waals surface area contributed by atoms with Crippen LogP contribution < -0.4 is 0 Å². The fourth-order valence-corrected chi connectivity index (χ4v) is 1.35. The van der Waals surface area contributed by atoms with E-state index in [1.807, 2.05) is 0 Å². The molecule has 0 radical (unpaired) electrons. The summed E-state index contributed by atoms with van der Waals surface area (Å²) in [5.74, 6) is 0.291. The van der Waals surface area contributed by atoms with Crippen LogP contribution in [-0.2, 0) is 4.79 Å². The summed E-state index contributed by atoms with van der Waals surface area (Å²) in [6, 6.07) is 0.129. The van der Waals surface area contributed by atoms with Crippen LogP contribution in [0.15, 0.2) is 10.1 Å². The normalized spacial score (nSPS) is 20.3. The van der Waals surface area contributed by atoms with Crippen molar-refractivity contribution in [2.24, 2.45) is 10.1 Å². The molecule has 5 nitrogen and oxygen atoms in total. The molecule has 0 saturated heterocycles. The van der Waals surface area contributed by atoms with Crippen LogP contribution in [0.4, 0.5) is 0 Å². The second kappa shape index (κ2) is 5.26. The van der Waals surface area contributed by atoms with Crippen LogP contribution in [0.1, 0.15) is 25.7 Å². The van der Waals surface area contributed by atoms with E-state index in [2.05, 4.69) is 10.1 Å². The zero-order chi connectivity index (χ0) is 10.4. The first-order valence-electron chi connectivity index (χ1n) is 4.53. The van der Waals surface area contributed by atoms with Crippen LogP contribution in [0.3, 0.4) is 0 Å². The summed E-state index contributed by atoms with van der Waals surface area (Å²) in [7, 11) is 0. The van der Waals surface area contributed by atoms with Gasteiger partial charge in [-0.05, 0) is 12.8 Å². The minimum Gasteiger partial charge on any atom is -0.410 e. The zero-order valence-electron chi connectivity index (χ0n) is 7.81. The Morgan fingerprint density at radius 1 is 1.50 bits per heavy atom. The molecule has 0 atom stereocenters. The van der Waals surface area contributed by atoms with Crippen LogP contribution in [-0.4, -0.2) is 35.2 Å². The lowest BCUT2D eigenvalue weighted by molar-refractivity contribution is -0.120. The Morgan fingerprint density at radius 3 is 2.64 bits per heavy atom. The van der Waals surface area contributed by atoms with Gasteiger partial charge in [-0.2, -0.15) is 0 Å². The minimum atomic E-state index is 0.127. The average molecular weight is 195 g/mol. The highest BCUT2D eigenvalue weighted by atomic mass is 16.4. The number of nitrogens with one attached hydrogen (secondary N) is 1. The van der Waals surface area contributed by atoms with Crippen molar-refractivity contribution < 1.29 is 10.0 Å². The minimum absolute atomic E-state index is 0.127. The summed E-state index contributed by atoms with van der Waals surface area (Å²) in [5.41, 5.74) is 0.127. The molecule has 0 spiro atoms. The predicted molar refractivity (Wildman–Crippen MR) is 53.8 cm³/mol. The molecule has 1 fully saturated rings. The van der Waals surface area contributed by atoms with E-state index in [0.717, 1.165) is 19.1 Å². The molecule has 0 aromatic rings. The van der Waals surface area contributed by atoms with Crippen LogP contribution in [0.25, 0.3) is 0 Å². The number of rotatable bonds is 3. The molecule has 1 rings (SSSR count). The molecule has 0 aliphatic heterocycles. The Balaban J connectivity index is 2.44. The number of carbonyl (C=O) groups excluding carboxylic acids is 1. The van der Waals surface area contributed by atoms with E-state index in [-0.39, 0.29) is 11.8 Å². The van der Waals surface area contributed by atoms with E-state index in [9.17, 15) is 4.79 Å². The molecule has 2 N–H and O–H groups in total. The molecular formula is C9H13N3O2. The van der Waals surface area contributed by atoms with Gasteiger partial charge in [-0.3, -0.25) is 9.79 Å². The fraction of sp³-hybridized carbons (Fsp3) is 0.556. The van der Waals surface area contributed by atoms with Gasteiger partial charge in [0.05, 0.1) is 12.3 Å². The average Bonchev–Trinajstić information content (AvgIpc) is 2.22. The van der Waals surface area contributed by atoms with Gasteiger partial charge in [-0.15, -0.1) is 0 Å². The number of Topliss-reactive ketones (excluding diaryl/α,β-unsaturated/α-hetero) is 1. The molecule has 5 heteroatoms. The molecule has 0 bridgehead atoms. The zero-order valence-corrected chi connectivity index (χ0v) is 7.81. The second-order valence-corrected chi connectivity index (χ2v) is 3.22. The highest BCUT2D eigenvalue weighted by molar-refractivity contribution is 6.55. The Bertz CT molecular complexity index is 274. The summed E-state index contributed by atoms with van der Waals surface area (Å²) >= 11 is 0. The lowest BCUT2D eigenvalue weighted by atomic mass is 9.95. The first-order valence-corrected chi connectivity index (χ1v) is 4.53. The van der Waals surface area contributed by atoms with Gasteiger partial charge >= 0.3 is 0 Å². The van der Waals surface area contributed by atoms with Crippen molar-refractivity contribution in [2.45, 2.75) is 31.7 Å². The van der Waals surface area contributed by atoms with Crippen LogP contribution >= 0.6 is 0 Å². The molecular weight excluding hydrogens is 182 g/mol. The molecule has 1 saturated carbocycles. The quantitative estimate of drug-likeness (QED) is 0.400. The van der Waals surface area contributed by atoms with E-state index in [4.69, 9.17) is 10.6 Å². The number of hydrogen-bond acceptors (Lipinski definition) is 5.